The average molecular weight is 343 g/mol. The predicted molar refractivity (Wildman–Crippen MR) is 92.7 cm³/mol. The van der Waals surface area contributed by atoms with Gasteiger partial charge in [0.1, 0.15) is 4.34 Å². The molecular formula is C16H26N2O2S2. The fourth-order valence-corrected chi connectivity index (χ4v) is 4.66. The fourth-order valence-electron chi connectivity index (χ4n) is 2.92. The van der Waals surface area contributed by atoms with E-state index in [2.05, 4.69) is 32.7 Å². The lowest BCUT2D eigenvalue weighted by atomic mass is 9.92. The molecule has 4 nitrogen and oxygen atoms in total. The number of carbonyl (C=O) groups excluding carboxylic acids is 1. The lowest BCUT2D eigenvalue weighted by Gasteiger charge is -2.41. The number of aromatic nitrogens is 1. The van der Waals surface area contributed by atoms with E-state index < -0.39 is 0 Å². The highest BCUT2D eigenvalue weighted by Crippen LogP contribution is 2.28. The van der Waals surface area contributed by atoms with E-state index in [-0.39, 0.29) is 17.6 Å². The third-order valence-electron chi connectivity index (χ3n) is 3.90. The van der Waals surface area contributed by atoms with Crippen LogP contribution in [0.1, 0.15) is 46.2 Å². The Balaban J connectivity index is 1.98. The minimum Gasteiger partial charge on any atom is -0.375 e. The van der Waals surface area contributed by atoms with E-state index in [9.17, 15) is 4.79 Å². The second-order valence-corrected chi connectivity index (χ2v) is 8.52. The van der Waals surface area contributed by atoms with Gasteiger partial charge in [0.25, 0.3) is 0 Å². The molecule has 2 heterocycles. The van der Waals surface area contributed by atoms with Gasteiger partial charge in [-0.3, -0.25) is 4.79 Å². The van der Waals surface area contributed by atoms with Gasteiger partial charge in [0.05, 0.1) is 17.7 Å². The molecule has 1 atom stereocenters. The van der Waals surface area contributed by atoms with E-state index in [1.165, 1.54) is 0 Å². The van der Waals surface area contributed by atoms with Gasteiger partial charge in [0.2, 0.25) is 5.91 Å². The van der Waals surface area contributed by atoms with Gasteiger partial charge in [0, 0.05) is 24.6 Å². The Hall–Kier alpha value is -0.590. The van der Waals surface area contributed by atoms with Crippen LogP contribution in [0, 0.1) is 0 Å². The summed E-state index contributed by atoms with van der Waals surface area (Å²) in [6.07, 6.45) is 2.24. The van der Waals surface area contributed by atoms with Gasteiger partial charge in [-0.1, -0.05) is 18.7 Å². The molecule has 1 aromatic rings. The van der Waals surface area contributed by atoms with Crippen LogP contribution in [0.4, 0.5) is 0 Å². The second-order valence-electron chi connectivity index (χ2n) is 6.15. The van der Waals surface area contributed by atoms with Gasteiger partial charge >= 0.3 is 0 Å². The fraction of sp³-hybridized carbons (Fsp3) is 0.750. The van der Waals surface area contributed by atoms with E-state index in [0.717, 1.165) is 41.8 Å². The Labute approximate surface area is 141 Å². The number of hydrogen-bond donors (Lipinski definition) is 0. The molecule has 1 fully saturated rings. The van der Waals surface area contributed by atoms with Crippen molar-refractivity contribution in [1.82, 2.24) is 9.88 Å². The molecule has 1 amide bonds. The first-order valence-corrected chi connectivity index (χ1v) is 9.82. The zero-order valence-electron chi connectivity index (χ0n) is 13.9. The second kappa shape index (κ2) is 7.79. The summed E-state index contributed by atoms with van der Waals surface area (Å²) < 4.78 is 6.82. The van der Waals surface area contributed by atoms with Crippen molar-refractivity contribution >= 4 is 29.0 Å². The molecule has 2 rings (SSSR count). The first kappa shape index (κ1) is 17.8. The number of rotatable bonds is 6. The maximum atomic E-state index is 12.7. The lowest BCUT2D eigenvalue weighted by molar-refractivity contribution is -0.139. The molecule has 124 valence electrons. The maximum absolute atomic E-state index is 12.7. The van der Waals surface area contributed by atoms with Crippen LogP contribution >= 0.6 is 23.1 Å². The Bertz CT molecular complexity index is 502. The summed E-state index contributed by atoms with van der Waals surface area (Å²) in [5.41, 5.74) is 0.762. The quantitative estimate of drug-likeness (QED) is 0.741. The van der Waals surface area contributed by atoms with Crippen molar-refractivity contribution < 1.29 is 9.53 Å². The van der Waals surface area contributed by atoms with Crippen molar-refractivity contribution in [1.29, 1.82) is 0 Å². The van der Waals surface area contributed by atoms with E-state index in [4.69, 9.17) is 4.74 Å². The molecule has 0 radical (unpaired) electrons. The van der Waals surface area contributed by atoms with Crippen molar-refractivity contribution in [2.45, 2.75) is 62.9 Å². The number of thiazole rings is 1. The average Bonchev–Trinajstić information content (AvgIpc) is 2.86. The van der Waals surface area contributed by atoms with Gasteiger partial charge in [-0.05, 0) is 39.4 Å². The largest absolute Gasteiger partial charge is 0.375 e. The summed E-state index contributed by atoms with van der Waals surface area (Å²) in [5.74, 6) is 1.20. The van der Waals surface area contributed by atoms with Crippen LogP contribution in [0.2, 0.25) is 0 Å². The van der Waals surface area contributed by atoms with Crippen molar-refractivity contribution in [3.05, 3.63) is 11.1 Å². The molecule has 0 spiro atoms. The highest BCUT2D eigenvalue weighted by Gasteiger charge is 2.33. The molecule has 1 aliphatic rings. The SMILES string of the molecule is CCSc1nc(CC(=O)N(CC)[C@H]2CCOC(C)(C)C2)cs1. The topological polar surface area (TPSA) is 42.4 Å². The van der Waals surface area contributed by atoms with Gasteiger partial charge in [0.15, 0.2) is 0 Å². The number of ether oxygens (including phenoxy) is 1. The van der Waals surface area contributed by atoms with Gasteiger partial charge < -0.3 is 9.64 Å². The summed E-state index contributed by atoms with van der Waals surface area (Å²) >= 11 is 3.36. The number of amides is 1. The highest BCUT2D eigenvalue weighted by atomic mass is 32.2. The minimum absolute atomic E-state index is 0.137. The van der Waals surface area contributed by atoms with Crippen LogP contribution < -0.4 is 0 Å². The van der Waals surface area contributed by atoms with Crippen molar-refractivity contribution in [3.8, 4) is 0 Å². The molecule has 0 unspecified atom stereocenters. The van der Waals surface area contributed by atoms with Crippen LogP contribution in [0.15, 0.2) is 9.72 Å². The molecule has 0 N–H and O–H groups in total. The molecule has 0 bridgehead atoms. The summed E-state index contributed by atoms with van der Waals surface area (Å²) in [7, 11) is 0. The number of hydrogen-bond acceptors (Lipinski definition) is 5. The van der Waals surface area contributed by atoms with E-state index in [1.54, 1.807) is 23.1 Å². The van der Waals surface area contributed by atoms with Crippen LogP contribution in [0.5, 0.6) is 0 Å². The lowest BCUT2D eigenvalue weighted by Crippen LogP contribution is -2.48. The first-order valence-electron chi connectivity index (χ1n) is 7.95. The number of nitrogens with zero attached hydrogens (tertiary/aromatic N) is 2. The molecule has 1 aliphatic heterocycles. The van der Waals surface area contributed by atoms with Crippen LogP contribution in [0.25, 0.3) is 0 Å². The number of likely N-dealkylation sites (N-methyl/N-ethyl adjacent to an activating group) is 1. The third-order valence-corrected chi connectivity index (χ3v) is 5.86. The van der Waals surface area contributed by atoms with Crippen LogP contribution in [-0.2, 0) is 16.0 Å². The Morgan fingerprint density at radius 1 is 1.55 bits per heavy atom. The molecule has 0 aliphatic carbocycles. The minimum atomic E-state index is -0.137. The maximum Gasteiger partial charge on any atom is 0.228 e. The van der Waals surface area contributed by atoms with E-state index in [0.29, 0.717) is 6.42 Å². The number of carbonyl (C=O) groups is 1. The predicted octanol–water partition coefficient (Wildman–Crippen LogP) is 3.60. The van der Waals surface area contributed by atoms with Gasteiger partial charge in [-0.25, -0.2) is 4.98 Å². The molecule has 0 saturated carbocycles. The van der Waals surface area contributed by atoms with Crippen molar-refractivity contribution in [2.75, 3.05) is 18.9 Å². The van der Waals surface area contributed by atoms with E-state index >= 15 is 0 Å². The molecule has 0 aromatic carbocycles. The Morgan fingerprint density at radius 2 is 2.32 bits per heavy atom. The summed E-state index contributed by atoms with van der Waals surface area (Å²) in [6, 6.07) is 0.282. The normalized spacial score (nSPS) is 20.8. The smallest absolute Gasteiger partial charge is 0.228 e. The van der Waals surface area contributed by atoms with Crippen molar-refractivity contribution in [3.63, 3.8) is 0 Å². The molecular weight excluding hydrogens is 316 g/mol. The zero-order chi connectivity index (χ0) is 16.2. The standard InChI is InChI=1S/C16H26N2O2S2/c1-5-18(13-7-8-20-16(3,4)10-13)14(19)9-12-11-22-15(17-12)21-6-2/h11,13H,5-10H2,1-4H3/t13-/m0/s1. The molecule has 1 aromatic heterocycles. The van der Waals surface area contributed by atoms with E-state index in [1.807, 2.05) is 10.3 Å². The van der Waals surface area contributed by atoms with Crippen LogP contribution in [-0.4, -0.2) is 46.3 Å². The van der Waals surface area contributed by atoms with Crippen LogP contribution in [0.3, 0.4) is 0 Å². The van der Waals surface area contributed by atoms with Crippen molar-refractivity contribution in [2.24, 2.45) is 0 Å². The van der Waals surface area contributed by atoms with Gasteiger partial charge in [-0.2, -0.15) is 0 Å². The third kappa shape index (κ3) is 4.70. The molecule has 22 heavy (non-hydrogen) atoms. The highest BCUT2D eigenvalue weighted by molar-refractivity contribution is 8.00. The van der Waals surface area contributed by atoms with Gasteiger partial charge in [-0.15, -0.1) is 11.3 Å². The molecule has 6 heteroatoms. The first-order chi connectivity index (χ1) is 10.4. The monoisotopic (exact) mass is 342 g/mol. The summed E-state index contributed by atoms with van der Waals surface area (Å²) in [5, 5.41) is 2.01. The Morgan fingerprint density at radius 3 is 2.95 bits per heavy atom. The summed E-state index contributed by atoms with van der Waals surface area (Å²) in [6.45, 7) is 9.86. The number of thioether (sulfide) groups is 1. The summed E-state index contributed by atoms with van der Waals surface area (Å²) in [4.78, 5) is 19.2. The molecule has 1 saturated heterocycles. The zero-order valence-corrected chi connectivity index (χ0v) is 15.6. The Kier molecular flexibility index (Phi) is 6.29.